The number of hydrogen-bond donors (Lipinski definition) is 2. The predicted octanol–water partition coefficient (Wildman–Crippen LogP) is 3.31. The van der Waals surface area contributed by atoms with Gasteiger partial charge in [0.15, 0.2) is 5.96 Å². The second-order valence-corrected chi connectivity index (χ2v) is 10.6. The molecule has 0 spiro atoms. The van der Waals surface area contributed by atoms with E-state index < -0.39 is 9.84 Å². The van der Waals surface area contributed by atoms with Gasteiger partial charge in [-0.3, -0.25) is 4.99 Å². The van der Waals surface area contributed by atoms with Gasteiger partial charge >= 0.3 is 0 Å². The van der Waals surface area contributed by atoms with Crippen molar-refractivity contribution >= 4 is 51.5 Å². The normalized spacial score (nSPS) is 17.1. The molecule has 1 aromatic carbocycles. The molecule has 2 rings (SSSR count). The number of hydrogen-bond acceptors (Lipinski definition) is 4. The van der Waals surface area contributed by atoms with Crippen LogP contribution in [0.15, 0.2) is 40.2 Å². The van der Waals surface area contributed by atoms with Crippen LogP contribution in [0, 0.1) is 0 Å². The smallest absolute Gasteiger partial charge is 0.191 e. The van der Waals surface area contributed by atoms with Crippen LogP contribution in [0.2, 0.25) is 0 Å². The second-order valence-electron chi connectivity index (χ2n) is 6.76. The van der Waals surface area contributed by atoms with Crippen LogP contribution in [-0.2, 0) is 9.84 Å². The molecule has 1 fully saturated rings. The molecule has 1 unspecified atom stereocenters. The van der Waals surface area contributed by atoms with E-state index in [-0.39, 0.29) is 40.5 Å². The Balaban J connectivity index is 0.00000338. The summed E-state index contributed by atoms with van der Waals surface area (Å²) >= 11 is 1.91. The topological polar surface area (TPSA) is 70.6 Å². The van der Waals surface area contributed by atoms with Crippen molar-refractivity contribution in [2.24, 2.45) is 4.99 Å². The molecule has 0 bridgehead atoms. The zero-order valence-corrected chi connectivity index (χ0v) is 19.7. The first-order valence-electron chi connectivity index (χ1n) is 8.78. The maximum Gasteiger partial charge on any atom is 0.191 e. The van der Waals surface area contributed by atoms with Crippen molar-refractivity contribution in [1.82, 2.24) is 10.6 Å². The zero-order valence-electron chi connectivity index (χ0n) is 15.7. The minimum absolute atomic E-state index is 0. The molecule has 1 atom stereocenters. The van der Waals surface area contributed by atoms with Gasteiger partial charge < -0.3 is 10.6 Å². The van der Waals surface area contributed by atoms with Crippen molar-refractivity contribution in [2.75, 3.05) is 25.1 Å². The van der Waals surface area contributed by atoms with Crippen LogP contribution >= 0.6 is 35.7 Å². The van der Waals surface area contributed by atoms with E-state index in [0.717, 1.165) is 19.0 Å². The average Bonchev–Trinajstić information content (AvgIpc) is 3.31. The summed E-state index contributed by atoms with van der Waals surface area (Å²) in [5, 5.41) is 6.57. The first-order chi connectivity index (χ1) is 11.8. The van der Waals surface area contributed by atoms with Crippen LogP contribution < -0.4 is 10.6 Å². The number of benzene rings is 1. The van der Waals surface area contributed by atoms with Crippen molar-refractivity contribution in [1.29, 1.82) is 0 Å². The summed E-state index contributed by atoms with van der Waals surface area (Å²) < 4.78 is 22.8. The maximum atomic E-state index is 11.3. The fourth-order valence-corrected chi connectivity index (χ4v) is 4.42. The molecule has 0 aliphatic heterocycles. The largest absolute Gasteiger partial charge is 0.357 e. The van der Waals surface area contributed by atoms with E-state index in [4.69, 9.17) is 4.99 Å². The molecular formula is C18H30IN3O2S2. The van der Waals surface area contributed by atoms with E-state index in [0.29, 0.717) is 6.42 Å². The number of thioether (sulfide) groups is 1. The molecule has 0 amide bonds. The molecule has 26 heavy (non-hydrogen) atoms. The van der Waals surface area contributed by atoms with Crippen molar-refractivity contribution in [2.45, 2.75) is 48.8 Å². The highest BCUT2D eigenvalue weighted by Gasteiger charge is 2.43. The number of rotatable bonds is 9. The van der Waals surface area contributed by atoms with Gasteiger partial charge in [0.1, 0.15) is 9.84 Å². The third kappa shape index (κ3) is 8.94. The van der Waals surface area contributed by atoms with E-state index in [2.05, 4.69) is 34.9 Å². The van der Waals surface area contributed by atoms with Gasteiger partial charge in [-0.1, -0.05) is 18.2 Å². The molecule has 0 radical (unpaired) electrons. The van der Waals surface area contributed by atoms with Gasteiger partial charge in [0.05, 0.1) is 12.3 Å². The summed E-state index contributed by atoms with van der Waals surface area (Å²) in [6.07, 6.45) is 4.21. The summed E-state index contributed by atoms with van der Waals surface area (Å²) in [4.78, 5) is 6.04. The van der Waals surface area contributed by atoms with Gasteiger partial charge in [-0.2, -0.15) is 0 Å². The standard InChI is InChI=1S/C18H29N3O2S2.HI/c1-4-19-17(21-15(2)10-13-25(3,22)23)20-14-18(11-12-18)24-16-8-6-5-7-9-16;/h5-9,15H,4,10-14H2,1-3H3,(H2,19,20,21);1H. The molecule has 0 saturated heterocycles. The molecule has 1 aromatic rings. The van der Waals surface area contributed by atoms with Gasteiger partial charge in [0.2, 0.25) is 0 Å². The van der Waals surface area contributed by atoms with Crippen LogP contribution in [0.3, 0.4) is 0 Å². The van der Waals surface area contributed by atoms with Crippen LogP contribution in [0.5, 0.6) is 0 Å². The van der Waals surface area contributed by atoms with Gasteiger partial charge in [-0.05, 0) is 45.2 Å². The van der Waals surface area contributed by atoms with Crippen molar-refractivity contribution in [3.8, 4) is 0 Å². The summed E-state index contributed by atoms with van der Waals surface area (Å²) in [5.74, 6) is 0.956. The molecule has 1 aliphatic rings. The predicted molar refractivity (Wildman–Crippen MR) is 123 cm³/mol. The highest BCUT2D eigenvalue weighted by molar-refractivity contribution is 14.0. The quantitative estimate of drug-likeness (QED) is 0.303. The Labute approximate surface area is 179 Å². The molecule has 1 aliphatic carbocycles. The van der Waals surface area contributed by atoms with E-state index in [1.54, 1.807) is 0 Å². The van der Waals surface area contributed by atoms with E-state index >= 15 is 0 Å². The maximum absolute atomic E-state index is 11.3. The highest BCUT2D eigenvalue weighted by Crippen LogP contribution is 2.51. The summed E-state index contributed by atoms with van der Waals surface area (Å²) in [6, 6.07) is 10.5. The number of nitrogens with one attached hydrogen (secondary N) is 2. The lowest BCUT2D eigenvalue weighted by atomic mass is 10.3. The zero-order chi connectivity index (χ0) is 18.3. The lowest BCUT2D eigenvalue weighted by Gasteiger charge is -2.19. The minimum atomic E-state index is -2.93. The Bertz CT molecular complexity index is 677. The molecule has 0 heterocycles. The van der Waals surface area contributed by atoms with Crippen molar-refractivity contribution in [3.63, 3.8) is 0 Å². The molecule has 148 valence electrons. The Morgan fingerprint density at radius 2 is 1.96 bits per heavy atom. The molecule has 2 N–H and O–H groups in total. The van der Waals surface area contributed by atoms with Crippen LogP contribution in [0.4, 0.5) is 0 Å². The Morgan fingerprint density at radius 1 is 1.31 bits per heavy atom. The third-order valence-electron chi connectivity index (χ3n) is 4.06. The highest BCUT2D eigenvalue weighted by atomic mass is 127. The summed E-state index contributed by atoms with van der Waals surface area (Å²) in [5.41, 5.74) is 0. The molecule has 5 nitrogen and oxygen atoms in total. The first kappa shape index (κ1) is 23.6. The molecule has 8 heteroatoms. The Hall–Kier alpha value is -0.480. The van der Waals surface area contributed by atoms with Gasteiger partial charge in [0.25, 0.3) is 0 Å². The van der Waals surface area contributed by atoms with E-state index in [1.165, 1.54) is 24.0 Å². The van der Waals surface area contributed by atoms with Gasteiger partial charge in [-0.15, -0.1) is 35.7 Å². The molecule has 0 aromatic heterocycles. The Kier molecular flexibility index (Phi) is 9.74. The van der Waals surface area contributed by atoms with Crippen LogP contribution in [0.25, 0.3) is 0 Å². The minimum Gasteiger partial charge on any atom is -0.357 e. The van der Waals surface area contributed by atoms with E-state index in [9.17, 15) is 8.42 Å². The number of halogens is 1. The number of aliphatic imine (C=N–C) groups is 1. The monoisotopic (exact) mass is 511 g/mol. The number of nitrogens with zero attached hydrogens (tertiary/aromatic N) is 1. The van der Waals surface area contributed by atoms with Crippen LogP contribution in [0.1, 0.15) is 33.1 Å². The second kappa shape index (κ2) is 10.8. The number of guanidine groups is 1. The third-order valence-corrected chi connectivity index (χ3v) is 6.52. The molecule has 1 saturated carbocycles. The lowest BCUT2D eigenvalue weighted by Crippen LogP contribution is -2.43. The summed E-state index contributed by atoms with van der Waals surface area (Å²) in [6.45, 7) is 5.57. The van der Waals surface area contributed by atoms with Crippen molar-refractivity contribution < 1.29 is 8.42 Å². The number of sulfone groups is 1. The Morgan fingerprint density at radius 3 is 2.50 bits per heavy atom. The lowest BCUT2D eigenvalue weighted by molar-refractivity contribution is 0.581. The molecular weight excluding hydrogens is 481 g/mol. The fourth-order valence-electron chi connectivity index (χ4n) is 2.41. The average molecular weight is 511 g/mol. The van der Waals surface area contributed by atoms with Gasteiger partial charge in [-0.25, -0.2) is 8.42 Å². The first-order valence-corrected chi connectivity index (χ1v) is 11.7. The SMILES string of the molecule is CCNC(=NCC1(Sc2ccccc2)CC1)NC(C)CCS(C)(=O)=O.I. The van der Waals surface area contributed by atoms with E-state index in [1.807, 2.05) is 31.7 Å². The van der Waals surface area contributed by atoms with Crippen LogP contribution in [-0.4, -0.2) is 50.3 Å². The fraction of sp³-hybridized carbons (Fsp3) is 0.611. The van der Waals surface area contributed by atoms with Crippen molar-refractivity contribution in [3.05, 3.63) is 30.3 Å². The van der Waals surface area contributed by atoms with Gasteiger partial charge in [0, 0.05) is 28.5 Å². The summed E-state index contributed by atoms with van der Waals surface area (Å²) in [7, 11) is -2.93.